The summed E-state index contributed by atoms with van der Waals surface area (Å²) in [6.07, 6.45) is 3.61. The molecule has 5 nitrogen and oxygen atoms in total. The van der Waals surface area contributed by atoms with Crippen LogP contribution in [0.4, 0.5) is 5.82 Å². The minimum atomic E-state index is -0.0642. The fourth-order valence-corrected chi connectivity index (χ4v) is 2.40. The second-order valence-corrected chi connectivity index (χ2v) is 6.26. The lowest BCUT2D eigenvalue weighted by Crippen LogP contribution is -2.18. The number of hydrogen-bond donors (Lipinski definition) is 0. The third-order valence-electron chi connectivity index (χ3n) is 3.53. The van der Waals surface area contributed by atoms with E-state index in [1.54, 1.807) is 18.3 Å². The summed E-state index contributed by atoms with van der Waals surface area (Å²) in [5.41, 5.74) is 2.67. The Morgan fingerprint density at radius 2 is 2.05 bits per heavy atom. The highest BCUT2D eigenvalue weighted by molar-refractivity contribution is 5.55. The second-order valence-electron chi connectivity index (χ2n) is 6.26. The molecule has 21 heavy (non-hydrogen) atoms. The number of fused-ring (bicyclic) bond motifs is 1. The Hall–Kier alpha value is -2.48. The van der Waals surface area contributed by atoms with Crippen LogP contribution in [0.15, 0.2) is 24.5 Å². The highest BCUT2D eigenvalue weighted by Gasteiger charge is 2.26. The normalized spacial score (nSPS) is 13.9. The average Bonchev–Trinajstić information content (AvgIpc) is 2.89. The van der Waals surface area contributed by atoms with Gasteiger partial charge in [-0.1, -0.05) is 20.8 Å². The molecular weight excluding hydrogens is 262 g/mol. The first-order chi connectivity index (χ1) is 9.99. The molecule has 3 heterocycles. The summed E-state index contributed by atoms with van der Waals surface area (Å²) in [5, 5.41) is 9.20. The summed E-state index contributed by atoms with van der Waals surface area (Å²) in [5.74, 6) is 1.57. The lowest BCUT2D eigenvalue weighted by atomic mass is 9.95. The summed E-state index contributed by atoms with van der Waals surface area (Å²) >= 11 is 0. The third-order valence-corrected chi connectivity index (χ3v) is 3.53. The van der Waals surface area contributed by atoms with Gasteiger partial charge in [0.25, 0.3) is 0 Å². The van der Waals surface area contributed by atoms with Gasteiger partial charge in [-0.2, -0.15) is 5.26 Å². The Morgan fingerprint density at radius 1 is 1.24 bits per heavy atom. The Kier molecular flexibility index (Phi) is 3.09. The van der Waals surface area contributed by atoms with E-state index in [0.717, 1.165) is 22.9 Å². The van der Waals surface area contributed by atoms with Crippen molar-refractivity contribution in [3.8, 4) is 6.07 Å². The first-order valence-corrected chi connectivity index (χ1v) is 6.94. The van der Waals surface area contributed by atoms with E-state index in [0.29, 0.717) is 18.7 Å². The Morgan fingerprint density at radius 3 is 2.76 bits per heavy atom. The molecule has 0 amide bonds. The zero-order valence-corrected chi connectivity index (χ0v) is 12.5. The predicted octanol–water partition coefficient (Wildman–Crippen LogP) is 2.56. The predicted molar refractivity (Wildman–Crippen MR) is 79.6 cm³/mol. The van der Waals surface area contributed by atoms with Crippen LogP contribution in [0.5, 0.6) is 0 Å². The number of aromatic nitrogens is 3. The second kappa shape index (κ2) is 4.81. The van der Waals surface area contributed by atoms with Crippen LogP contribution in [-0.2, 0) is 18.5 Å². The van der Waals surface area contributed by atoms with Crippen molar-refractivity contribution >= 4 is 5.82 Å². The molecule has 2 aromatic heterocycles. The maximum Gasteiger partial charge on any atom is 0.147 e. The molecule has 0 saturated carbocycles. The minimum Gasteiger partial charge on any atom is -0.345 e. The molecule has 2 aromatic rings. The van der Waals surface area contributed by atoms with Gasteiger partial charge in [0.05, 0.1) is 17.8 Å². The Bertz CT molecular complexity index is 724. The van der Waals surface area contributed by atoms with Crippen LogP contribution in [0, 0.1) is 11.3 Å². The van der Waals surface area contributed by atoms with E-state index in [1.165, 1.54) is 0 Å². The molecule has 3 rings (SSSR count). The summed E-state index contributed by atoms with van der Waals surface area (Å²) in [4.78, 5) is 15.6. The standard InChI is InChI=1S/C16H17N5/c1-16(2,3)15-19-8-12-9-21(10-13(12)20-15)14-11(7-17)5-4-6-18-14/h4-6,8H,9-10H2,1-3H3. The zero-order chi connectivity index (χ0) is 15.0. The van der Waals surface area contributed by atoms with Crippen molar-refractivity contribution in [3.05, 3.63) is 47.2 Å². The van der Waals surface area contributed by atoms with Gasteiger partial charge in [0.15, 0.2) is 0 Å². The third kappa shape index (κ3) is 2.45. The van der Waals surface area contributed by atoms with Crippen molar-refractivity contribution < 1.29 is 0 Å². The smallest absolute Gasteiger partial charge is 0.147 e. The van der Waals surface area contributed by atoms with Gasteiger partial charge in [0.1, 0.15) is 17.7 Å². The molecule has 0 spiro atoms. The molecule has 106 valence electrons. The fourth-order valence-electron chi connectivity index (χ4n) is 2.40. The number of nitrogens with zero attached hydrogens (tertiary/aromatic N) is 5. The van der Waals surface area contributed by atoms with Crippen LogP contribution in [0.25, 0.3) is 0 Å². The van der Waals surface area contributed by atoms with Crippen LogP contribution < -0.4 is 4.90 Å². The van der Waals surface area contributed by atoms with Gasteiger partial charge < -0.3 is 4.90 Å². The van der Waals surface area contributed by atoms with Crippen molar-refractivity contribution in [2.75, 3.05) is 4.90 Å². The van der Waals surface area contributed by atoms with E-state index in [9.17, 15) is 5.26 Å². The van der Waals surface area contributed by atoms with Crippen LogP contribution >= 0.6 is 0 Å². The van der Waals surface area contributed by atoms with Gasteiger partial charge in [-0.05, 0) is 12.1 Å². The summed E-state index contributed by atoms with van der Waals surface area (Å²) in [7, 11) is 0. The van der Waals surface area contributed by atoms with Crippen LogP contribution in [0.2, 0.25) is 0 Å². The van der Waals surface area contributed by atoms with E-state index in [2.05, 4.69) is 41.7 Å². The summed E-state index contributed by atoms with van der Waals surface area (Å²) in [6.45, 7) is 7.69. The first kappa shape index (κ1) is 13.5. The van der Waals surface area contributed by atoms with Crippen LogP contribution in [0.1, 0.15) is 43.4 Å². The molecule has 0 radical (unpaired) electrons. The van der Waals surface area contributed by atoms with E-state index in [4.69, 9.17) is 4.98 Å². The molecule has 0 saturated heterocycles. The number of pyridine rings is 1. The molecule has 0 unspecified atom stereocenters. The monoisotopic (exact) mass is 279 g/mol. The van der Waals surface area contributed by atoms with Crippen LogP contribution in [-0.4, -0.2) is 15.0 Å². The molecule has 5 heteroatoms. The molecule has 0 aromatic carbocycles. The minimum absolute atomic E-state index is 0.0642. The van der Waals surface area contributed by atoms with E-state index < -0.39 is 0 Å². The zero-order valence-electron chi connectivity index (χ0n) is 12.5. The van der Waals surface area contributed by atoms with E-state index in [-0.39, 0.29) is 5.41 Å². The van der Waals surface area contributed by atoms with Crippen LogP contribution in [0.3, 0.4) is 0 Å². The van der Waals surface area contributed by atoms with Crippen molar-refractivity contribution in [1.82, 2.24) is 15.0 Å². The molecular formula is C16H17N5. The quantitative estimate of drug-likeness (QED) is 0.802. The van der Waals surface area contributed by atoms with Gasteiger partial charge in [0, 0.05) is 29.9 Å². The number of anilines is 1. The van der Waals surface area contributed by atoms with Crippen molar-refractivity contribution in [2.24, 2.45) is 0 Å². The largest absolute Gasteiger partial charge is 0.345 e. The molecule has 0 aliphatic carbocycles. The molecule has 1 aliphatic heterocycles. The van der Waals surface area contributed by atoms with Gasteiger partial charge >= 0.3 is 0 Å². The number of rotatable bonds is 1. The highest BCUT2D eigenvalue weighted by atomic mass is 15.2. The molecule has 0 fully saturated rings. The highest BCUT2D eigenvalue weighted by Crippen LogP contribution is 2.29. The maximum absolute atomic E-state index is 9.20. The van der Waals surface area contributed by atoms with E-state index in [1.807, 2.05) is 6.20 Å². The summed E-state index contributed by atoms with van der Waals surface area (Å²) < 4.78 is 0. The van der Waals surface area contributed by atoms with Gasteiger partial charge in [0.2, 0.25) is 0 Å². The average molecular weight is 279 g/mol. The van der Waals surface area contributed by atoms with Crippen molar-refractivity contribution in [3.63, 3.8) is 0 Å². The van der Waals surface area contributed by atoms with Crippen molar-refractivity contribution in [2.45, 2.75) is 39.3 Å². The Labute approximate surface area is 124 Å². The number of hydrogen-bond acceptors (Lipinski definition) is 5. The SMILES string of the molecule is CC(C)(C)c1ncc2c(n1)CN(c1ncccc1C#N)C2. The molecule has 1 aliphatic rings. The lowest BCUT2D eigenvalue weighted by Gasteiger charge is -2.17. The molecule has 0 N–H and O–H groups in total. The van der Waals surface area contributed by atoms with E-state index >= 15 is 0 Å². The van der Waals surface area contributed by atoms with Gasteiger partial charge in [-0.3, -0.25) is 0 Å². The summed E-state index contributed by atoms with van der Waals surface area (Å²) in [6, 6.07) is 5.76. The Balaban J connectivity index is 1.93. The van der Waals surface area contributed by atoms with Gasteiger partial charge in [-0.25, -0.2) is 15.0 Å². The van der Waals surface area contributed by atoms with Gasteiger partial charge in [-0.15, -0.1) is 0 Å². The first-order valence-electron chi connectivity index (χ1n) is 6.94. The lowest BCUT2D eigenvalue weighted by molar-refractivity contribution is 0.541. The molecule has 0 atom stereocenters. The topological polar surface area (TPSA) is 65.7 Å². The molecule has 0 bridgehead atoms. The fraction of sp³-hybridized carbons (Fsp3) is 0.375. The van der Waals surface area contributed by atoms with Crippen molar-refractivity contribution in [1.29, 1.82) is 5.26 Å². The maximum atomic E-state index is 9.20. The number of nitriles is 1.